The van der Waals surface area contributed by atoms with E-state index in [0.29, 0.717) is 68.7 Å². The number of halogens is 3. The highest BCUT2D eigenvalue weighted by atomic mass is 32.1. The number of carbonyl (C=O) groups is 2. The summed E-state index contributed by atoms with van der Waals surface area (Å²) in [6.07, 6.45) is 3.00. The number of nitrogens with one attached hydrogen (secondary N) is 1. The zero-order valence-electron chi connectivity index (χ0n) is 24.9. The molecule has 0 spiro atoms. The second-order valence-electron chi connectivity index (χ2n) is 11.1. The van der Waals surface area contributed by atoms with Crippen LogP contribution in [0.15, 0.2) is 65.2 Å². The largest absolute Gasteiger partial charge is 0.441 e. The first-order valence-corrected chi connectivity index (χ1v) is 15.2. The number of pyridine rings is 1. The maximum Gasteiger partial charge on any atom is 0.261 e. The van der Waals surface area contributed by atoms with Gasteiger partial charge in [0.05, 0.1) is 28.0 Å². The molecule has 0 saturated heterocycles. The average Bonchev–Trinajstić information content (AvgIpc) is 3.66. The summed E-state index contributed by atoms with van der Waals surface area (Å²) in [6, 6.07) is 13.0. The fourth-order valence-corrected chi connectivity index (χ4v) is 6.07. The summed E-state index contributed by atoms with van der Waals surface area (Å²) in [4.78, 5) is 36.4. The van der Waals surface area contributed by atoms with Crippen LogP contribution in [-0.4, -0.2) is 21.8 Å². The highest BCUT2D eigenvalue weighted by molar-refractivity contribution is 7.17. The van der Waals surface area contributed by atoms with Gasteiger partial charge in [-0.3, -0.25) is 14.6 Å². The van der Waals surface area contributed by atoms with E-state index in [1.165, 1.54) is 18.2 Å². The number of amides is 2. The van der Waals surface area contributed by atoms with Crippen molar-refractivity contribution in [1.29, 1.82) is 0 Å². The molecule has 0 fully saturated rings. The maximum absolute atomic E-state index is 13.7. The van der Waals surface area contributed by atoms with Crippen molar-refractivity contribution < 1.29 is 27.2 Å². The molecule has 45 heavy (non-hydrogen) atoms. The maximum atomic E-state index is 13.7. The van der Waals surface area contributed by atoms with Crippen molar-refractivity contribution in [3.05, 3.63) is 117 Å². The van der Waals surface area contributed by atoms with Gasteiger partial charge in [-0.25, -0.2) is 18.2 Å². The first-order valence-electron chi connectivity index (χ1n) is 14.3. The first kappa shape index (κ1) is 31.6. The SMILES string of the molecule is Cc1ncc(-c2c(CCc3ccc(F)cc3)nc(CC(C)C)c(C(N)=O)c2-c2ccc(C(=O)NCc3ccc(F)c(F)c3)s2)o1. The molecule has 7 nitrogen and oxygen atoms in total. The van der Waals surface area contributed by atoms with Crippen molar-refractivity contribution in [3.63, 3.8) is 0 Å². The molecule has 2 aromatic carbocycles. The fourth-order valence-electron chi connectivity index (χ4n) is 5.08. The number of carbonyl (C=O) groups excluding carboxylic acids is 2. The molecule has 0 bridgehead atoms. The highest BCUT2D eigenvalue weighted by Gasteiger charge is 2.28. The van der Waals surface area contributed by atoms with Crippen molar-refractivity contribution in [3.8, 4) is 21.8 Å². The lowest BCUT2D eigenvalue weighted by Gasteiger charge is -2.19. The van der Waals surface area contributed by atoms with Crippen LogP contribution in [0.2, 0.25) is 0 Å². The second kappa shape index (κ2) is 13.5. The number of nitrogens with two attached hydrogens (primary N) is 1. The van der Waals surface area contributed by atoms with Gasteiger partial charge in [-0.15, -0.1) is 11.3 Å². The molecule has 2 amide bonds. The van der Waals surface area contributed by atoms with Gasteiger partial charge < -0.3 is 15.5 Å². The Morgan fingerprint density at radius 3 is 2.31 bits per heavy atom. The van der Waals surface area contributed by atoms with Gasteiger partial charge in [0.15, 0.2) is 23.3 Å². The summed E-state index contributed by atoms with van der Waals surface area (Å²) in [5.74, 6) is -2.45. The Kier molecular flexibility index (Phi) is 9.48. The van der Waals surface area contributed by atoms with Crippen LogP contribution in [-0.2, 0) is 25.8 Å². The van der Waals surface area contributed by atoms with Crippen LogP contribution >= 0.6 is 11.3 Å². The van der Waals surface area contributed by atoms with Gasteiger partial charge in [-0.2, -0.15) is 0 Å². The van der Waals surface area contributed by atoms with E-state index in [9.17, 15) is 22.8 Å². The van der Waals surface area contributed by atoms with E-state index in [1.807, 2.05) is 13.8 Å². The number of oxazole rings is 1. The molecule has 5 aromatic rings. The minimum absolute atomic E-state index is 0.0142. The lowest BCUT2D eigenvalue weighted by atomic mass is 9.90. The Morgan fingerprint density at radius 1 is 0.933 bits per heavy atom. The van der Waals surface area contributed by atoms with Crippen LogP contribution in [0.1, 0.15) is 62.3 Å². The minimum Gasteiger partial charge on any atom is -0.441 e. The molecular weight excluding hydrogens is 601 g/mol. The third kappa shape index (κ3) is 7.31. The topological polar surface area (TPSA) is 111 Å². The summed E-state index contributed by atoms with van der Waals surface area (Å²) in [5.41, 5.74) is 9.75. The Bertz CT molecular complexity index is 1870. The van der Waals surface area contributed by atoms with Crippen molar-refractivity contribution in [2.45, 2.75) is 46.6 Å². The van der Waals surface area contributed by atoms with Gasteiger partial charge in [-0.05, 0) is 72.7 Å². The molecule has 3 N–H and O–H groups in total. The van der Waals surface area contributed by atoms with Crippen LogP contribution in [0.4, 0.5) is 13.2 Å². The molecule has 0 saturated carbocycles. The van der Waals surface area contributed by atoms with Gasteiger partial charge >= 0.3 is 0 Å². The van der Waals surface area contributed by atoms with Gasteiger partial charge in [0, 0.05) is 29.5 Å². The van der Waals surface area contributed by atoms with Crippen molar-refractivity contribution in [2.75, 3.05) is 0 Å². The number of nitrogens with zero attached hydrogens (tertiary/aromatic N) is 2. The molecule has 0 aliphatic carbocycles. The number of aryl methyl sites for hydroxylation is 3. The highest BCUT2D eigenvalue weighted by Crippen LogP contribution is 2.42. The van der Waals surface area contributed by atoms with E-state index >= 15 is 0 Å². The van der Waals surface area contributed by atoms with Gasteiger partial charge in [0.25, 0.3) is 11.8 Å². The Labute approximate surface area is 262 Å². The van der Waals surface area contributed by atoms with Crippen LogP contribution < -0.4 is 11.1 Å². The smallest absolute Gasteiger partial charge is 0.261 e. The number of primary amides is 1. The third-order valence-electron chi connectivity index (χ3n) is 7.14. The quantitative estimate of drug-likeness (QED) is 0.160. The zero-order chi connectivity index (χ0) is 32.2. The molecule has 11 heteroatoms. The molecule has 0 unspecified atom stereocenters. The number of thiophene rings is 1. The monoisotopic (exact) mass is 632 g/mol. The minimum atomic E-state index is -1.00. The summed E-state index contributed by atoms with van der Waals surface area (Å²) < 4.78 is 46.5. The summed E-state index contributed by atoms with van der Waals surface area (Å²) >= 11 is 1.15. The molecular formula is C34H31F3N4O3S. The lowest BCUT2D eigenvalue weighted by molar-refractivity contribution is 0.0953. The Balaban J connectivity index is 1.60. The van der Waals surface area contributed by atoms with E-state index < -0.39 is 23.4 Å². The predicted octanol–water partition coefficient (Wildman–Crippen LogP) is 7.20. The van der Waals surface area contributed by atoms with E-state index in [2.05, 4.69) is 10.3 Å². The van der Waals surface area contributed by atoms with E-state index in [1.54, 1.807) is 37.4 Å². The van der Waals surface area contributed by atoms with Crippen molar-refractivity contribution >= 4 is 23.2 Å². The van der Waals surface area contributed by atoms with Crippen molar-refractivity contribution in [1.82, 2.24) is 15.3 Å². The number of rotatable bonds is 11. The number of hydrogen-bond acceptors (Lipinski definition) is 6. The van der Waals surface area contributed by atoms with E-state index in [4.69, 9.17) is 15.1 Å². The molecule has 232 valence electrons. The van der Waals surface area contributed by atoms with Crippen molar-refractivity contribution in [2.24, 2.45) is 11.7 Å². The van der Waals surface area contributed by atoms with Crippen LogP contribution in [0.5, 0.6) is 0 Å². The van der Waals surface area contributed by atoms with Gasteiger partial charge in [0.1, 0.15) is 5.82 Å². The van der Waals surface area contributed by atoms with E-state index in [-0.39, 0.29) is 23.8 Å². The van der Waals surface area contributed by atoms with E-state index in [0.717, 1.165) is 29.0 Å². The number of aromatic nitrogens is 2. The molecule has 5 rings (SSSR count). The standard InChI is InChI=1S/C34H31F3N4O3S/c1-18(2)14-26-31(33(38)42)32(28-12-13-29(45-28)34(43)40-16-21-6-10-23(36)24(37)15-21)30(27-17-39-19(3)44-27)25(41-26)11-7-20-4-8-22(35)9-5-20/h4-6,8-10,12-13,15,17-18H,7,11,14,16H2,1-3H3,(H2,38,42)(H,40,43). The van der Waals surface area contributed by atoms with Crippen LogP contribution in [0.25, 0.3) is 21.8 Å². The summed E-state index contributed by atoms with van der Waals surface area (Å²) in [7, 11) is 0. The summed E-state index contributed by atoms with van der Waals surface area (Å²) in [5, 5.41) is 2.73. The van der Waals surface area contributed by atoms with Crippen LogP contribution in [0, 0.1) is 30.3 Å². The lowest BCUT2D eigenvalue weighted by Crippen LogP contribution is -2.21. The third-order valence-corrected chi connectivity index (χ3v) is 8.24. The zero-order valence-corrected chi connectivity index (χ0v) is 25.7. The van der Waals surface area contributed by atoms with Crippen LogP contribution in [0.3, 0.4) is 0 Å². The fraction of sp³-hybridized carbons (Fsp3) is 0.235. The second-order valence-corrected chi connectivity index (χ2v) is 12.1. The first-order chi connectivity index (χ1) is 21.5. The molecule has 3 heterocycles. The molecule has 0 radical (unpaired) electrons. The molecule has 0 atom stereocenters. The van der Waals surface area contributed by atoms with Gasteiger partial charge in [0.2, 0.25) is 0 Å². The number of hydrogen-bond donors (Lipinski definition) is 2. The Morgan fingerprint density at radius 2 is 1.67 bits per heavy atom. The number of benzene rings is 2. The Hall–Kier alpha value is -4.77. The normalized spacial score (nSPS) is 11.3. The average molecular weight is 633 g/mol. The molecule has 0 aliphatic heterocycles. The summed E-state index contributed by atoms with van der Waals surface area (Å²) in [6.45, 7) is 5.72. The predicted molar refractivity (Wildman–Crippen MR) is 166 cm³/mol. The molecule has 0 aliphatic rings. The van der Waals surface area contributed by atoms with Gasteiger partial charge in [-0.1, -0.05) is 32.0 Å². The molecule has 3 aromatic heterocycles.